The average molecular weight is 457 g/mol. The molecule has 34 heavy (non-hydrogen) atoms. The number of ether oxygens (including phenoxy) is 2. The van der Waals surface area contributed by atoms with Crippen molar-refractivity contribution in [1.29, 1.82) is 0 Å². The van der Waals surface area contributed by atoms with Crippen molar-refractivity contribution >= 4 is 28.8 Å². The molecule has 2 amide bonds. The fourth-order valence-electron chi connectivity index (χ4n) is 3.92. The lowest BCUT2D eigenvalue weighted by Gasteiger charge is -2.21. The summed E-state index contributed by atoms with van der Waals surface area (Å²) in [5.74, 6) is 0.566. The number of anilines is 2. The standard InChI is InChI=1S/C28H28N2O4/c1-4-18-34-23-16-14-20(15-17-23)25-26(29(3)21-10-7-6-8-11-21)28(32)30(27(25)31)22-12-9-13-24(19-22)33-5-2/h6-17,19H,4-5,18H2,1-3H3. The van der Waals surface area contributed by atoms with Gasteiger partial charge in [0, 0.05) is 18.8 Å². The molecule has 0 radical (unpaired) electrons. The normalized spacial score (nSPS) is 13.4. The van der Waals surface area contributed by atoms with Crippen LogP contribution in [0.3, 0.4) is 0 Å². The number of hydrogen-bond donors (Lipinski definition) is 0. The molecule has 174 valence electrons. The van der Waals surface area contributed by atoms with Gasteiger partial charge >= 0.3 is 0 Å². The topological polar surface area (TPSA) is 59.1 Å². The van der Waals surface area contributed by atoms with Crippen molar-refractivity contribution < 1.29 is 19.1 Å². The van der Waals surface area contributed by atoms with Crippen LogP contribution in [0.1, 0.15) is 25.8 Å². The van der Waals surface area contributed by atoms with Gasteiger partial charge in [0.15, 0.2) is 0 Å². The number of benzene rings is 3. The first-order valence-corrected chi connectivity index (χ1v) is 11.4. The van der Waals surface area contributed by atoms with Crippen molar-refractivity contribution in [2.75, 3.05) is 30.1 Å². The van der Waals surface area contributed by atoms with E-state index in [9.17, 15) is 9.59 Å². The lowest BCUT2D eigenvalue weighted by atomic mass is 10.0. The number of carbonyl (C=O) groups excluding carboxylic acids is 2. The lowest BCUT2D eigenvalue weighted by Crippen LogP contribution is -2.34. The van der Waals surface area contributed by atoms with Gasteiger partial charge in [0.1, 0.15) is 17.2 Å². The first-order chi connectivity index (χ1) is 16.5. The van der Waals surface area contributed by atoms with Crippen LogP contribution < -0.4 is 19.3 Å². The first-order valence-electron chi connectivity index (χ1n) is 11.4. The number of amides is 2. The number of imide groups is 1. The van der Waals surface area contributed by atoms with E-state index in [-0.39, 0.29) is 11.8 Å². The minimum atomic E-state index is -0.383. The van der Waals surface area contributed by atoms with Gasteiger partial charge in [-0.25, -0.2) is 4.90 Å². The summed E-state index contributed by atoms with van der Waals surface area (Å²) in [6.45, 7) is 5.04. The van der Waals surface area contributed by atoms with Gasteiger partial charge in [-0.05, 0) is 55.3 Å². The van der Waals surface area contributed by atoms with Crippen LogP contribution in [0, 0.1) is 0 Å². The SMILES string of the molecule is CCCOc1ccc(C2=C(N(C)c3ccccc3)C(=O)N(c3cccc(OCC)c3)C2=O)cc1. The Labute approximate surface area is 200 Å². The van der Waals surface area contributed by atoms with E-state index >= 15 is 0 Å². The second-order valence-corrected chi connectivity index (χ2v) is 7.87. The van der Waals surface area contributed by atoms with Crippen LogP contribution in [-0.4, -0.2) is 32.1 Å². The molecule has 0 N–H and O–H groups in total. The van der Waals surface area contributed by atoms with Gasteiger partial charge in [-0.2, -0.15) is 0 Å². The minimum Gasteiger partial charge on any atom is -0.494 e. The summed E-state index contributed by atoms with van der Waals surface area (Å²) in [6, 6.07) is 23.9. The highest BCUT2D eigenvalue weighted by molar-refractivity contribution is 6.46. The van der Waals surface area contributed by atoms with E-state index in [4.69, 9.17) is 9.47 Å². The molecule has 0 atom stereocenters. The van der Waals surface area contributed by atoms with E-state index < -0.39 is 0 Å². The number of carbonyl (C=O) groups is 2. The molecule has 0 saturated carbocycles. The largest absolute Gasteiger partial charge is 0.494 e. The molecule has 3 aromatic carbocycles. The van der Waals surface area contributed by atoms with Crippen molar-refractivity contribution in [1.82, 2.24) is 0 Å². The van der Waals surface area contributed by atoms with Crippen LogP contribution in [0.5, 0.6) is 11.5 Å². The van der Waals surface area contributed by atoms with Crippen LogP contribution in [0.15, 0.2) is 84.6 Å². The molecule has 3 aromatic rings. The zero-order chi connectivity index (χ0) is 24.1. The van der Waals surface area contributed by atoms with E-state index in [1.165, 1.54) is 4.90 Å². The maximum absolute atomic E-state index is 13.7. The molecule has 0 fully saturated rings. The van der Waals surface area contributed by atoms with Crippen LogP contribution in [0.25, 0.3) is 5.57 Å². The maximum atomic E-state index is 13.7. The molecule has 6 heteroatoms. The smallest absolute Gasteiger partial charge is 0.282 e. The van der Waals surface area contributed by atoms with Crippen molar-refractivity contribution in [3.8, 4) is 11.5 Å². The molecule has 0 spiro atoms. The number of rotatable bonds is 9. The number of likely N-dealkylation sites (N-methyl/N-ethyl adjacent to an activating group) is 1. The lowest BCUT2D eigenvalue weighted by molar-refractivity contribution is -0.120. The summed E-state index contributed by atoms with van der Waals surface area (Å²) in [7, 11) is 1.80. The van der Waals surface area contributed by atoms with Crippen molar-refractivity contribution in [2.45, 2.75) is 20.3 Å². The Morgan fingerprint density at radius 3 is 2.21 bits per heavy atom. The Hall–Kier alpha value is -4.06. The molecule has 0 bridgehead atoms. The van der Waals surface area contributed by atoms with Crippen molar-refractivity contribution in [3.05, 3.63) is 90.1 Å². The van der Waals surface area contributed by atoms with Crippen LogP contribution in [0.4, 0.5) is 11.4 Å². The molecule has 0 saturated heterocycles. The molecular weight excluding hydrogens is 428 g/mol. The second-order valence-electron chi connectivity index (χ2n) is 7.87. The number of nitrogens with zero attached hydrogens (tertiary/aromatic N) is 2. The Morgan fingerprint density at radius 1 is 0.794 bits per heavy atom. The summed E-state index contributed by atoms with van der Waals surface area (Å²) in [5, 5.41) is 0. The zero-order valence-corrected chi connectivity index (χ0v) is 19.7. The van der Waals surface area contributed by atoms with E-state index in [2.05, 4.69) is 0 Å². The zero-order valence-electron chi connectivity index (χ0n) is 19.7. The molecule has 0 aromatic heterocycles. The van der Waals surface area contributed by atoms with Gasteiger partial charge in [0.25, 0.3) is 11.8 Å². The number of para-hydroxylation sites is 1. The predicted molar refractivity (Wildman–Crippen MR) is 134 cm³/mol. The third kappa shape index (κ3) is 4.53. The third-order valence-electron chi connectivity index (χ3n) is 5.54. The number of hydrogen-bond acceptors (Lipinski definition) is 5. The molecule has 6 nitrogen and oxygen atoms in total. The van der Waals surface area contributed by atoms with E-state index in [0.29, 0.717) is 41.5 Å². The molecule has 4 rings (SSSR count). The molecular formula is C28H28N2O4. The summed E-state index contributed by atoms with van der Waals surface area (Å²) < 4.78 is 11.3. The molecule has 1 aliphatic heterocycles. The van der Waals surface area contributed by atoms with Crippen LogP contribution >= 0.6 is 0 Å². The molecule has 1 heterocycles. The summed E-state index contributed by atoms with van der Waals surface area (Å²) in [5.41, 5.74) is 2.60. The van der Waals surface area contributed by atoms with E-state index in [1.807, 2.05) is 68.4 Å². The van der Waals surface area contributed by atoms with Gasteiger partial charge < -0.3 is 14.4 Å². The quantitative estimate of drug-likeness (QED) is 0.409. The summed E-state index contributed by atoms with van der Waals surface area (Å²) >= 11 is 0. The van der Waals surface area contributed by atoms with E-state index in [1.54, 1.807) is 36.2 Å². The fourth-order valence-corrected chi connectivity index (χ4v) is 3.92. The van der Waals surface area contributed by atoms with E-state index in [0.717, 1.165) is 17.9 Å². The second kappa shape index (κ2) is 10.3. The monoisotopic (exact) mass is 456 g/mol. The van der Waals surface area contributed by atoms with Crippen LogP contribution in [-0.2, 0) is 9.59 Å². The summed E-state index contributed by atoms with van der Waals surface area (Å²) in [6.07, 6.45) is 0.904. The highest BCUT2D eigenvalue weighted by Crippen LogP contribution is 2.37. The molecule has 1 aliphatic rings. The Balaban J connectivity index is 1.79. The van der Waals surface area contributed by atoms with Crippen LogP contribution in [0.2, 0.25) is 0 Å². The molecule has 0 aliphatic carbocycles. The van der Waals surface area contributed by atoms with Gasteiger partial charge in [0.2, 0.25) is 0 Å². The highest BCUT2D eigenvalue weighted by atomic mass is 16.5. The maximum Gasteiger partial charge on any atom is 0.282 e. The first kappa shape index (κ1) is 23.1. The Morgan fingerprint density at radius 2 is 1.53 bits per heavy atom. The van der Waals surface area contributed by atoms with Crippen molar-refractivity contribution in [2.24, 2.45) is 0 Å². The van der Waals surface area contributed by atoms with Crippen molar-refractivity contribution in [3.63, 3.8) is 0 Å². The summed E-state index contributed by atoms with van der Waals surface area (Å²) in [4.78, 5) is 30.5. The van der Waals surface area contributed by atoms with Gasteiger partial charge in [-0.1, -0.05) is 43.3 Å². The third-order valence-corrected chi connectivity index (χ3v) is 5.54. The van der Waals surface area contributed by atoms with Gasteiger partial charge in [-0.15, -0.1) is 0 Å². The minimum absolute atomic E-state index is 0.320. The predicted octanol–water partition coefficient (Wildman–Crippen LogP) is 5.30. The average Bonchev–Trinajstić information content (AvgIpc) is 3.13. The molecule has 0 unspecified atom stereocenters. The highest BCUT2D eigenvalue weighted by Gasteiger charge is 2.42. The van der Waals surface area contributed by atoms with Gasteiger partial charge in [-0.3, -0.25) is 9.59 Å². The van der Waals surface area contributed by atoms with Gasteiger partial charge in [0.05, 0.1) is 24.5 Å². The Kier molecular flexibility index (Phi) is 6.97. The fraction of sp³-hybridized carbons (Fsp3) is 0.214. The Bertz CT molecular complexity index is 1200.